The van der Waals surface area contributed by atoms with E-state index in [1.807, 2.05) is 12.1 Å². The van der Waals surface area contributed by atoms with Gasteiger partial charge in [0.2, 0.25) is 0 Å². The predicted octanol–water partition coefficient (Wildman–Crippen LogP) is 1.56. The molecule has 1 rings (SSSR count). The molecule has 16 heavy (non-hydrogen) atoms. The fourth-order valence-corrected chi connectivity index (χ4v) is 1.28. The Labute approximate surface area is 94.9 Å². The number of anilines is 1. The van der Waals surface area contributed by atoms with E-state index in [4.69, 9.17) is 5.11 Å². The van der Waals surface area contributed by atoms with Gasteiger partial charge in [0.25, 0.3) is 0 Å². The van der Waals surface area contributed by atoms with Crippen LogP contribution >= 0.6 is 0 Å². The second-order valence-electron chi connectivity index (χ2n) is 4.08. The number of rotatable bonds is 6. The Kier molecular flexibility index (Phi) is 4.69. The third-order valence-corrected chi connectivity index (χ3v) is 1.98. The molecular formula is C11H17N3O2. The molecule has 0 radical (unpaired) electrons. The Bertz CT molecular complexity index is 336. The van der Waals surface area contributed by atoms with Crippen molar-refractivity contribution >= 4 is 11.8 Å². The number of nitrogens with zero attached hydrogens (tertiary/aromatic N) is 2. The fourth-order valence-electron chi connectivity index (χ4n) is 1.28. The number of aliphatic carboxylic acids is 1. The van der Waals surface area contributed by atoms with Gasteiger partial charge in [-0.2, -0.15) is 5.10 Å². The van der Waals surface area contributed by atoms with Crippen LogP contribution in [0.3, 0.4) is 0 Å². The summed E-state index contributed by atoms with van der Waals surface area (Å²) in [5.74, 6) is 0.353. The normalized spacial score (nSPS) is 10.4. The largest absolute Gasteiger partial charge is 0.481 e. The maximum absolute atomic E-state index is 10.3. The zero-order valence-electron chi connectivity index (χ0n) is 9.60. The van der Waals surface area contributed by atoms with Crippen LogP contribution in [0.2, 0.25) is 0 Å². The highest BCUT2D eigenvalue weighted by Crippen LogP contribution is 2.06. The summed E-state index contributed by atoms with van der Waals surface area (Å²) in [5, 5.41) is 19.4. The van der Waals surface area contributed by atoms with Crippen LogP contribution in [0.15, 0.2) is 12.1 Å². The smallest absolute Gasteiger partial charge is 0.305 e. The monoisotopic (exact) mass is 223 g/mol. The van der Waals surface area contributed by atoms with Gasteiger partial charge >= 0.3 is 5.97 Å². The van der Waals surface area contributed by atoms with Crippen LogP contribution in [0.4, 0.5) is 5.82 Å². The molecule has 1 aromatic rings. The van der Waals surface area contributed by atoms with Crippen molar-refractivity contribution in [3.05, 3.63) is 17.8 Å². The van der Waals surface area contributed by atoms with Gasteiger partial charge in [0, 0.05) is 6.54 Å². The summed E-state index contributed by atoms with van der Waals surface area (Å²) in [6, 6.07) is 3.74. The lowest BCUT2D eigenvalue weighted by molar-refractivity contribution is -0.136. The van der Waals surface area contributed by atoms with Crippen LogP contribution in [0, 0.1) is 5.92 Å². The van der Waals surface area contributed by atoms with Gasteiger partial charge in [-0.1, -0.05) is 13.8 Å². The molecule has 1 aromatic heterocycles. The maximum atomic E-state index is 10.3. The van der Waals surface area contributed by atoms with Crippen molar-refractivity contribution in [2.45, 2.75) is 26.7 Å². The number of carbonyl (C=O) groups is 1. The Morgan fingerprint density at radius 2 is 2.19 bits per heavy atom. The van der Waals surface area contributed by atoms with E-state index in [0.29, 0.717) is 18.3 Å². The lowest BCUT2D eigenvalue weighted by Gasteiger charge is -2.05. The van der Waals surface area contributed by atoms with Crippen LogP contribution in [0.5, 0.6) is 0 Å². The van der Waals surface area contributed by atoms with Gasteiger partial charge in [-0.25, -0.2) is 0 Å². The quantitative estimate of drug-likeness (QED) is 0.765. The summed E-state index contributed by atoms with van der Waals surface area (Å²) in [7, 11) is 0. The lowest BCUT2D eigenvalue weighted by atomic mass is 10.1. The first kappa shape index (κ1) is 12.4. The van der Waals surface area contributed by atoms with E-state index in [0.717, 1.165) is 12.1 Å². The highest BCUT2D eigenvalue weighted by molar-refractivity contribution is 5.67. The summed E-state index contributed by atoms with van der Waals surface area (Å²) in [6.07, 6.45) is 0.984. The number of carboxylic acids is 1. The van der Waals surface area contributed by atoms with Crippen LogP contribution in [-0.2, 0) is 11.2 Å². The molecule has 88 valence electrons. The van der Waals surface area contributed by atoms with E-state index in [-0.39, 0.29) is 6.42 Å². The summed E-state index contributed by atoms with van der Waals surface area (Å²) in [6.45, 7) is 4.62. The average Bonchev–Trinajstić information content (AvgIpc) is 2.19. The van der Waals surface area contributed by atoms with Crippen molar-refractivity contribution in [3.8, 4) is 0 Å². The highest BCUT2D eigenvalue weighted by atomic mass is 16.4. The molecular weight excluding hydrogens is 206 g/mol. The molecule has 0 aromatic carbocycles. The third kappa shape index (κ3) is 4.72. The Morgan fingerprint density at radius 1 is 1.44 bits per heavy atom. The molecule has 0 unspecified atom stereocenters. The van der Waals surface area contributed by atoms with Crippen molar-refractivity contribution < 1.29 is 9.90 Å². The molecule has 0 saturated heterocycles. The van der Waals surface area contributed by atoms with E-state index in [2.05, 4.69) is 29.4 Å². The number of hydrogen-bond donors (Lipinski definition) is 2. The number of carboxylic acid groups (broad SMARTS) is 1. The molecule has 5 heteroatoms. The second kappa shape index (κ2) is 6.05. The van der Waals surface area contributed by atoms with Crippen molar-refractivity contribution in [2.24, 2.45) is 5.92 Å². The lowest BCUT2D eigenvalue weighted by Crippen LogP contribution is -2.09. The van der Waals surface area contributed by atoms with Gasteiger partial charge in [0.05, 0.1) is 12.1 Å². The van der Waals surface area contributed by atoms with Crippen molar-refractivity contribution in [3.63, 3.8) is 0 Å². The van der Waals surface area contributed by atoms with Crippen LogP contribution in [-0.4, -0.2) is 27.8 Å². The third-order valence-electron chi connectivity index (χ3n) is 1.98. The number of nitrogens with one attached hydrogen (secondary N) is 1. The number of hydrogen-bond acceptors (Lipinski definition) is 4. The fraction of sp³-hybridized carbons (Fsp3) is 0.545. The standard InChI is InChI=1S/C11H17N3O2/c1-8(2)7-9-3-4-10(14-13-9)12-6-5-11(15)16/h3-4,8H,5-7H2,1-2H3,(H,12,14)(H,15,16). The summed E-state index contributed by atoms with van der Waals surface area (Å²) >= 11 is 0. The molecule has 5 nitrogen and oxygen atoms in total. The Hall–Kier alpha value is -1.65. The first-order valence-corrected chi connectivity index (χ1v) is 5.36. The zero-order valence-corrected chi connectivity index (χ0v) is 9.60. The van der Waals surface area contributed by atoms with Crippen molar-refractivity contribution in [1.82, 2.24) is 10.2 Å². The molecule has 0 saturated carbocycles. The van der Waals surface area contributed by atoms with E-state index < -0.39 is 5.97 Å². The van der Waals surface area contributed by atoms with Crippen LogP contribution < -0.4 is 5.32 Å². The highest BCUT2D eigenvalue weighted by Gasteiger charge is 2.01. The number of aromatic nitrogens is 2. The molecule has 0 fully saturated rings. The minimum atomic E-state index is -0.822. The van der Waals surface area contributed by atoms with Crippen LogP contribution in [0.1, 0.15) is 26.0 Å². The topological polar surface area (TPSA) is 75.1 Å². The van der Waals surface area contributed by atoms with Gasteiger partial charge in [0.1, 0.15) is 5.82 Å². The van der Waals surface area contributed by atoms with E-state index in [1.54, 1.807) is 0 Å². The van der Waals surface area contributed by atoms with Gasteiger partial charge in [-0.15, -0.1) is 5.10 Å². The molecule has 0 aliphatic rings. The van der Waals surface area contributed by atoms with Crippen molar-refractivity contribution in [1.29, 1.82) is 0 Å². The first-order chi connectivity index (χ1) is 7.58. The Balaban J connectivity index is 2.42. The first-order valence-electron chi connectivity index (χ1n) is 5.36. The molecule has 0 atom stereocenters. The Morgan fingerprint density at radius 3 is 2.69 bits per heavy atom. The molecule has 2 N–H and O–H groups in total. The summed E-state index contributed by atoms with van der Waals surface area (Å²) in [5.41, 5.74) is 0.957. The van der Waals surface area contributed by atoms with Gasteiger partial charge in [-0.05, 0) is 24.5 Å². The van der Waals surface area contributed by atoms with Crippen molar-refractivity contribution in [2.75, 3.05) is 11.9 Å². The van der Waals surface area contributed by atoms with Gasteiger partial charge in [0.15, 0.2) is 0 Å². The molecule has 0 amide bonds. The molecule has 1 heterocycles. The van der Waals surface area contributed by atoms with E-state index in [1.165, 1.54) is 0 Å². The van der Waals surface area contributed by atoms with Gasteiger partial charge in [-0.3, -0.25) is 4.79 Å². The summed E-state index contributed by atoms with van der Waals surface area (Å²) < 4.78 is 0. The summed E-state index contributed by atoms with van der Waals surface area (Å²) in [4.78, 5) is 10.3. The zero-order chi connectivity index (χ0) is 12.0. The molecule has 0 bridgehead atoms. The van der Waals surface area contributed by atoms with E-state index >= 15 is 0 Å². The molecule has 0 spiro atoms. The van der Waals surface area contributed by atoms with Gasteiger partial charge < -0.3 is 10.4 Å². The molecule has 0 aliphatic heterocycles. The minimum absolute atomic E-state index is 0.0788. The minimum Gasteiger partial charge on any atom is -0.481 e. The van der Waals surface area contributed by atoms with E-state index in [9.17, 15) is 4.79 Å². The molecule has 0 aliphatic carbocycles. The maximum Gasteiger partial charge on any atom is 0.305 e. The SMILES string of the molecule is CC(C)Cc1ccc(NCCC(=O)O)nn1. The average molecular weight is 223 g/mol. The predicted molar refractivity (Wildman–Crippen MR) is 61.3 cm³/mol. The van der Waals surface area contributed by atoms with Crippen LogP contribution in [0.25, 0.3) is 0 Å². The second-order valence-corrected chi connectivity index (χ2v) is 4.08.